The minimum atomic E-state index is 0.310. The highest BCUT2D eigenvalue weighted by molar-refractivity contribution is 9.10. The molecule has 3 heteroatoms. The second kappa shape index (κ2) is 8.16. The van der Waals surface area contributed by atoms with Crippen molar-refractivity contribution < 1.29 is 4.74 Å². The van der Waals surface area contributed by atoms with Crippen LogP contribution in [0.5, 0.6) is 0 Å². The van der Waals surface area contributed by atoms with Crippen molar-refractivity contribution in [2.75, 3.05) is 26.8 Å². The van der Waals surface area contributed by atoms with Crippen LogP contribution in [0.3, 0.4) is 0 Å². The Morgan fingerprint density at radius 2 is 1.75 bits per heavy atom. The van der Waals surface area contributed by atoms with Gasteiger partial charge in [-0.25, -0.2) is 0 Å². The van der Waals surface area contributed by atoms with Gasteiger partial charge in [-0.2, -0.15) is 0 Å². The smallest absolute Gasteiger partial charge is 0.0587 e. The molecule has 20 heavy (non-hydrogen) atoms. The second-order valence-electron chi connectivity index (χ2n) is 5.87. The van der Waals surface area contributed by atoms with Crippen molar-refractivity contribution in [2.45, 2.75) is 43.9 Å². The van der Waals surface area contributed by atoms with Gasteiger partial charge in [0.1, 0.15) is 0 Å². The SMILES string of the molecule is COCCNCC1(c2ccc(Br)cc2)CCCCCC1. The molecule has 0 amide bonds. The molecule has 0 saturated heterocycles. The van der Waals surface area contributed by atoms with Crippen molar-refractivity contribution in [3.8, 4) is 0 Å². The van der Waals surface area contributed by atoms with Crippen LogP contribution in [0.15, 0.2) is 28.7 Å². The average molecular weight is 340 g/mol. The Morgan fingerprint density at radius 3 is 2.35 bits per heavy atom. The third kappa shape index (κ3) is 4.31. The normalized spacial score (nSPS) is 18.7. The van der Waals surface area contributed by atoms with Gasteiger partial charge >= 0.3 is 0 Å². The molecule has 0 unspecified atom stereocenters. The van der Waals surface area contributed by atoms with Gasteiger partial charge in [-0.05, 0) is 30.5 Å². The summed E-state index contributed by atoms with van der Waals surface area (Å²) in [5.74, 6) is 0. The summed E-state index contributed by atoms with van der Waals surface area (Å²) in [7, 11) is 1.76. The molecular formula is C17H26BrNO. The lowest BCUT2D eigenvalue weighted by atomic mass is 9.74. The monoisotopic (exact) mass is 339 g/mol. The summed E-state index contributed by atoms with van der Waals surface area (Å²) in [6.07, 6.45) is 8.07. The lowest BCUT2D eigenvalue weighted by Gasteiger charge is -2.34. The van der Waals surface area contributed by atoms with Crippen LogP contribution < -0.4 is 5.32 Å². The molecule has 1 aliphatic carbocycles. The summed E-state index contributed by atoms with van der Waals surface area (Å²) in [4.78, 5) is 0. The topological polar surface area (TPSA) is 21.3 Å². The predicted molar refractivity (Wildman–Crippen MR) is 88.3 cm³/mol. The fourth-order valence-corrected chi connectivity index (χ4v) is 3.54. The summed E-state index contributed by atoms with van der Waals surface area (Å²) in [5, 5.41) is 3.60. The zero-order valence-corrected chi connectivity index (χ0v) is 14.0. The van der Waals surface area contributed by atoms with E-state index >= 15 is 0 Å². The first-order valence-corrected chi connectivity index (χ1v) is 8.52. The fraction of sp³-hybridized carbons (Fsp3) is 0.647. The fourth-order valence-electron chi connectivity index (χ4n) is 3.28. The molecule has 0 heterocycles. The van der Waals surface area contributed by atoms with E-state index in [9.17, 15) is 0 Å². The summed E-state index contributed by atoms with van der Waals surface area (Å²) in [6.45, 7) is 2.79. The standard InChI is InChI=1S/C17H26BrNO/c1-20-13-12-19-14-17(10-4-2-3-5-11-17)15-6-8-16(18)9-7-15/h6-9,19H,2-5,10-14H2,1H3. The number of ether oxygens (including phenoxy) is 1. The highest BCUT2D eigenvalue weighted by Gasteiger charge is 2.32. The zero-order chi connectivity index (χ0) is 14.3. The van der Waals surface area contributed by atoms with Gasteiger partial charge in [0.05, 0.1) is 6.61 Å². The number of benzene rings is 1. The van der Waals surface area contributed by atoms with E-state index in [4.69, 9.17) is 4.74 Å². The molecule has 1 fully saturated rings. The number of hydrogen-bond donors (Lipinski definition) is 1. The highest BCUT2D eigenvalue weighted by Crippen LogP contribution is 2.38. The van der Waals surface area contributed by atoms with Crippen molar-refractivity contribution in [1.82, 2.24) is 5.32 Å². The van der Waals surface area contributed by atoms with Gasteiger partial charge in [0.15, 0.2) is 0 Å². The molecule has 1 N–H and O–H groups in total. The predicted octanol–water partition coefficient (Wildman–Crippen LogP) is 4.28. The lowest BCUT2D eigenvalue weighted by molar-refractivity contribution is 0.195. The Morgan fingerprint density at radius 1 is 1.10 bits per heavy atom. The van der Waals surface area contributed by atoms with Crippen molar-refractivity contribution >= 4 is 15.9 Å². The van der Waals surface area contributed by atoms with Crippen molar-refractivity contribution in [3.05, 3.63) is 34.3 Å². The van der Waals surface area contributed by atoms with E-state index in [1.807, 2.05) is 0 Å². The Labute approximate surface area is 131 Å². The molecule has 1 aromatic rings. The summed E-state index contributed by atoms with van der Waals surface area (Å²) in [6, 6.07) is 8.95. The Bertz CT molecular complexity index is 382. The third-order valence-corrected chi connectivity index (χ3v) is 4.99. The molecule has 0 atom stereocenters. The van der Waals surface area contributed by atoms with E-state index in [2.05, 4.69) is 45.5 Å². The first-order valence-electron chi connectivity index (χ1n) is 7.73. The quantitative estimate of drug-likeness (QED) is 0.617. The second-order valence-corrected chi connectivity index (χ2v) is 6.79. The maximum atomic E-state index is 5.14. The van der Waals surface area contributed by atoms with Crippen LogP contribution >= 0.6 is 15.9 Å². The lowest BCUT2D eigenvalue weighted by Crippen LogP contribution is -2.39. The van der Waals surface area contributed by atoms with Gasteiger partial charge < -0.3 is 10.1 Å². The van der Waals surface area contributed by atoms with Crippen LogP contribution in [-0.2, 0) is 10.2 Å². The van der Waals surface area contributed by atoms with Crippen LogP contribution in [0.25, 0.3) is 0 Å². The third-order valence-electron chi connectivity index (χ3n) is 4.46. The zero-order valence-electron chi connectivity index (χ0n) is 12.5. The number of methoxy groups -OCH3 is 1. The molecule has 0 bridgehead atoms. The number of hydrogen-bond acceptors (Lipinski definition) is 2. The first-order chi connectivity index (χ1) is 9.77. The molecule has 0 radical (unpaired) electrons. The molecular weight excluding hydrogens is 314 g/mol. The van der Waals surface area contributed by atoms with Gasteiger partial charge in [-0.3, -0.25) is 0 Å². The van der Waals surface area contributed by atoms with Crippen LogP contribution in [0.1, 0.15) is 44.1 Å². The molecule has 2 rings (SSSR count). The number of nitrogens with one attached hydrogen (secondary N) is 1. The van der Waals surface area contributed by atoms with E-state index in [1.165, 1.54) is 44.1 Å². The van der Waals surface area contributed by atoms with E-state index in [1.54, 1.807) is 7.11 Å². The Kier molecular flexibility index (Phi) is 6.53. The first kappa shape index (κ1) is 16.0. The Hall–Kier alpha value is -0.380. The van der Waals surface area contributed by atoms with Gasteiger partial charge in [0.2, 0.25) is 0 Å². The molecule has 1 aromatic carbocycles. The Balaban J connectivity index is 2.11. The summed E-state index contributed by atoms with van der Waals surface area (Å²) >= 11 is 3.54. The van der Waals surface area contributed by atoms with Gasteiger partial charge in [-0.1, -0.05) is 53.7 Å². The van der Waals surface area contributed by atoms with Gasteiger partial charge in [-0.15, -0.1) is 0 Å². The number of rotatable bonds is 6. The molecule has 1 saturated carbocycles. The van der Waals surface area contributed by atoms with Crippen molar-refractivity contribution in [1.29, 1.82) is 0 Å². The largest absolute Gasteiger partial charge is 0.383 e. The van der Waals surface area contributed by atoms with E-state index in [-0.39, 0.29) is 0 Å². The van der Waals surface area contributed by atoms with Crippen LogP contribution in [-0.4, -0.2) is 26.8 Å². The maximum absolute atomic E-state index is 5.14. The van der Waals surface area contributed by atoms with Gasteiger partial charge in [0.25, 0.3) is 0 Å². The minimum absolute atomic E-state index is 0.310. The molecule has 1 aliphatic rings. The molecule has 0 spiro atoms. The highest BCUT2D eigenvalue weighted by atomic mass is 79.9. The average Bonchev–Trinajstić information content (AvgIpc) is 2.71. The van der Waals surface area contributed by atoms with E-state index in [0.29, 0.717) is 5.41 Å². The van der Waals surface area contributed by atoms with E-state index in [0.717, 1.165) is 24.2 Å². The van der Waals surface area contributed by atoms with Crippen LogP contribution in [0.2, 0.25) is 0 Å². The van der Waals surface area contributed by atoms with E-state index < -0.39 is 0 Å². The molecule has 112 valence electrons. The van der Waals surface area contributed by atoms with Crippen LogP contribution in [0, 0.1) is 0 Å². The minimum Gasteiger partial charge on any atom is -0.383 e. The molecule has 0 aliphatic heterocycles. The molecule has 2 nitrogen and oxygen atoms in total. The van der Waals surface area contributed by atoms with Crippen molar-refractivity contribution in [2.24, 2.45) is 0 Å². The number of halogens is 1. The maximum Gasteiger partial charge on any atom is 0.0587 e. The van der Waals surface area contributed by atoms with Gasteiger partial charge in [0, 0.05) is 30.1 Å². The van der Waals surface area contributed by atoms with Crippen molar-refractivity contribution in [3.63, 3.8) is 0 Å². The van der Waals surface area contributed by atoms with Crippen LogP contribution in [0.4, 0.5) is 0 Å². The summed E-state index contributed by atoms with van der Waals surface area (Å²) < 4.78 is 6.31. The summed E-state index contributed by atoms with van der Waals surface area (Å²) in [5.41, 5.74) is 1.80. The molecule has 0 aromatic heterocycles.